The van der Waals surface area contributed by atoms with Crippen molar-refractivity contribution in [3.63, 3.8) is 0 Å². The summed E-state index contributed by atoms with van der Waals surface area (Å²) in [7, 11) is 1.73. The molecule has 0 saturated carbocycles. The Morgan fingerprint density at radius 3 is 3.12 bits per heavy atom. The molecular formula is C13H18N2O2. The van der Waals surface area contributed by atoms with Crippen LogP contribution >= 0.6 is 0 Å². The summed E-state index contributed by atoms with van der Waals surface area (Å²) in [5.41, 5.74) is 0.698. The second-order valence-electron chi connectivity index (χ2n) is 4.38. The molecule has 1 aromatic heterocycles. The standard InChI is InChI=1S/C13H18N2O2/c1-10(16)12-6-3-7-14-13(12)15-8-4-5-11(9-15)17-2/h3,6-7,11H,4-5,8-9H2,1-2H3. The van der Waals surface area contributed by atoms with E-state index in [1.807, 2.05) is 6.07 Å². The van der Waals surface area contributed by atoms with Crippen LogP contribution in [0.25, 0.3) is 0 Å². The molecule has 4 heteroatoms. The van der Waals surface area contributed by atoms with E-state index in [1.165, 1.54) is 0 Å². The quantitative estimate of drug-likeness (QED) is 0.749. The molecule has 1 fully saturated rings. The van der Waals surface area contributed by atoms with Gasteiger partial charge in [0, 0.05) is 26.4 Å². The smallest absolute Gasteiger partial charge is 0.163 e. The van der Waals surface area contributed by atoms with Crippen molar-refractivity contribution in [3.05, 3.63) is 23.9 Å². The Balaban J connectivity index is 2.24. The highest BCUT2D eigenvalue weighted by molar-refractivity contribution is 5.98. The lowest BCUT2D eigenvalue weighted by atomic mass is 10.1. The van der Waals surface area contributed by atoms with E-state index < -0.39 is 0 Å². The number of carbonyl (C=O) groups excluding carboxylic acids is 1. The number of carbonyl (C=O) groups is 1. The highest BCUT2D eigenvalue weighted by Crippen LogP contribution is 2.22. The number of ketones is 1. The Morgan fingerprint density at radius 1 is 1.59 bits per heavy atom. The zero-order valence-electron chi connectivity index (χ0n) is 10.3. The Hall–Kier alpha value is -1.42. The van der Waals surface area contributed by atoms with Gasteiger partial charge in [-0.25, -0.2) is 4.98 Å². The minimum atomic E-state index is 0.0626. The number of piperidine rings is 1. The molecule has 2 heterocycles. The zero-order valence-corrected chi connectivity index (χ0v) is 10.3. The van der Waals surface area contributed by atoms with Gasteiger partial charge in [0.2, 0.25) is 0 Å². The van der Waals surface area contributed by atoms with Gasteiger partial charge >= 0.3 is 0 Å². The molecule has 1 atom stereocenters. The topological polar surface area (TPSA) is 42.4 Å². The maximum Gasteiger partial charge on any atom is 0.163 e. The number of ether oxygens (including phenoxy) is 1. The van der Waals surface area contributed by atoms with E-state index in [9.17, 15) is 4.79 Å². The summed E-state index contributed by atoms with van der Waals surface area (Å²) in [6, 6.07) is 3.64. The van der Waals surface area contributed by atoms with Crippen LogP contribution in [0.5, 0.6) is 0 Å². The van der Waals surface area contributed by atoms with E-state index in [0.29, 0.717) is 5.56 Å². The fraction of sp³-hybridized carbons (Fsp3) is 0.538. The van der Waals surface area contributed by atoms with Crippen molar-refractivity contribution >= 4 is 11.6 Å². The summed E-state index contributed by atoms with van der Waals surface area (Å²) in [6.07, 6.45) is 4.13. The number of aromatic nitrogens is 1. The molecule has 0 N–H and O–H groups in total. The fourth-order valence-corrected chi connectivity index (χ4v) is 2.25. The highest BCUT2D eigenvalue weighted by atomic mass is 16.5. The third-order valence-corrected chi connectivity index (χ3v) is 3.18. The largest absolute Gasteiger partial charge is 0.380 e. The number of Topliss-reactive ketones (excluding diaryl/α,β-unsaturated/α-hetero) is 1. The summed E-state index contributed by atoms with van der Waals surface area (Å²) in [5.74, 6) is 0.856. The Morgan fingerprint density at radius 2 is 2.41 bits per heavy atom. The highest BCUT2D eigenvalue weighted by Gasteiger charge is 2.23. The van der Waals surface area contributed by atoms with Crippen molar-refractivity contribution in [2.75, 3.05) is 25.1 Å². The van der Waals surface area contributed by atoms with Crippen LogP contribution in [0.15, 0.2) is 18.3 Å². The first-order valence-corrected chi connectivity index (χ1v) is 5.96. The van der Waals surface area contributed by atoms with Gasteiger partial charge in [0.1, 0.15) is 5.82 Å². The first-order chi connectivity index (χ1) is 8.22. The average molecular weight is 234 g/mol. The Labute approximate surface area is 102 Å². The van der Waals surface area contributed by atoms with Crippen LogP contribution < -0.4 is 4.90 Å². The van der Waals surface area contributed by atoms with E-state index in [-0.39, 0.29) is 11.9 Å². The molecule has 2 rings (SSSR count). The van der Waals surface area contributed by atoms with Crippen LogP contribution in [0.1, 0.15) is 30.1 Å². The van der Waals surface area contributed by atoms with Gasteiger partial charge in [-0.1, -0.05) is 0 Å². The maximum absolute atomic E-state index is 11.6. The molecule has 92 valence electrons. The van der Waals surface area contributed by atoms with Crippen molar-refractivity contribution in [1.82, 2.24) is 4.98 Å². The minimum absolute atomic E-state index is 0.0626. The lowest BCUT2D eigenvalue weighted by Crippen LogP contribution is -2.40. The second kappa shape index (κ2) is 5.27. The van der Waals surface area contributed by atoms with Crippen molar-refractivity contribution < 1.29 is 9.53 Å². The van der Waals surface area contributed by atoms with E-state index >= 15 is 0 Å². The fourth-order valence-electron chi connectivity index (χ4n) is 2.25. The van der Waals surface area contributed by atoms with Gasteiger partial charge < -0.3 is 9.64 Å². The van der Waals surface area contributed by atoms with Crippen molar-refractivity contribution in [2.45, 2.75) is 25.9 Å². The van der Waals surface area contributed by atoms with Crippen LogP contribution in [0.2, 0.25) is 0 Å². The van der Waals surface area contributed by atoms with E-state index in [4.69, 9.17) is 4.74 Å². The normalized spacial score (nSPS) is 20.4. The average Bonchev–Trinajstić information content (AvgIpc) is 2.39. The maximum atomic E-state index is 11.6. The summed E-state index contributed by atoms with van der Waals surface area (Å²) in [6.45, 7) is 3.34. The predicted octanol–water partition coefficient (Wildman–Crippen LogP) is 1.90. The molecule has 0 radical (unpaired) electrons. The molecule has 4 nitrogen and oxygen atoms in total. The molecule has 0 amide bonds. The molecule has 0 bridgehead atoms. The number of nitrogens with zero attached hydrogens (tertiary/aromatic N) is 2. The molecule has 0 spiro atoms. The Kier molecular flexibility index (Phi) is 3.74. The SMILES string of the molecule is COC1CCCN(c2ncccc2C(C)=O)C1. The van der Waals surface area contributed by atoms with Gasteiger partial charge in [0.15, 0.2) is 5.78 Å². The lowest BCUT2D eigenvalue weighted by molar-refractivity contribution is 0.0888. The monoisotopic (exact) mass is 234 g/mol. The van der Waals surface area contributed by atoms with Crippen molar-refractivity contribution in [1.29, 1.82) is 0 Å². The molecule has 1 saturated heterocycles. The number of hydrogen-bond donors (Lipinski definition) is 0. The van der Waals surface area contributed by atoms with Crippen LogP contribution in [-0.4, -0.2) is 37.1 Å². The van der Waals surface area contributed by atoms with Gasteiger partial charge in [-0.3, -0.25) is 4.79 Å². The van der Waals surface area contributed by atoms with Gasteiger partial charge in [0.05, 0.1) is 11.7 Å². The van der Waals surface area contributed by atoms with Crippen molar-refractivity contribution in [2.24, 2.45) is 0 Å². The third kappa shape index (κ3) is 2.64. The molecular weight excluding hydrogens is 216 g/mol. The van der Waals surface area contributed by atoms with Crippen LogP contribution in [0.3, 0.4) is 0 Å². The zero-order chi connectivity index (χ0) is 12.3. The van der Waals surface area contributed by atoms with Crippen molar-refractivity contribution in [3.8, 4) is 0 Å². The number of pyridine rings is 1. The molecule has 17 heavy (non-hydrogen) atoms. The molecule has 1 unspecified atom stereocenters. The number of rotatable bonds is 3. The van der Waals surface area contributed by atoms with E-state index in [1.54, 1.807) is 26.3 Å². The van der Waals surface area contributed by atoms with Crippen LogP contribution in [0, 0.1) is 0 Å². The minimum Gasteiger partial charge on any atom is -0.380 e. The number of anilines is 1. The summed E-state index contributed by atoms with van der Waals surface area (Å²) in [5, 5.41) is 0. The van der Waals surface area contributed by atoms with Gasteiger partial charge in [-0.2, -0.15) is 0 Å². The summed E-state index contributed by atoms with van der Waals surface area (Å²) in [4.78, 5) is 18.1. The summed E-state index contributed by atoms with van der Waals surface area (Å²) >= 11 is 0. The molecule has 0 aliphatic carbocycles. The first kappa shape index (κ1) is 12.0. The lowest BCUT2D eigenvalue weighted by Gasteiger charge is -2.33. The first-order valence-electron chi connectivity index (χ1n) is 5.96. The molecule has 1 aliphatic heterocycles. The third-order valence-electron chi connectivity index (χ3n) is 3.18. The van der Waals surface area contributed by atoms with Gasteiger partial charge in [-0.05, 0) is 31.9 Å². The summed E-state index contributed by atoms with van der Waals surface area (Å²) < 4.78 is 5.39. The van der Waals surface area contributed by atoms with Gasteiger partial charge in [-0.15, -0.1) is 0 Å². The Bertz CT molecular complexity index is 406. The van der Waals surface area contributed by atoms with Crippen LogP contribution in [0.4, 0.5) is 5.82 Å². The van der Waals surface area contributed by atoms with Gasteiger partial charge in [0.25, 0.3) is 0 Å². The van der Waals surface area contributed by atoms with E-state index in [2.05, 4.69) is 9.88 Å². The second-order valence-corrected chi connectivity index (χ2v) is 4.38. The predicted molar refractivity (Wildman–Crippen MR) is 66.5 cm³/mol. The number of methoxy groups -OCH3 is 1. The molecule has 1 aliphatic rings. The number of hydrogen-bond acceptors (Lipinski definition) is 4. The molecule has 1 aromatic rings. The van der Waals surface area contributed by atoms with E-state index in [0.717, 1.165) is 31.7 Å². The molecule has 0 aromatic carbocycles. The van der Waals surface area contributed by atoms with Crippen LogP contribution in [-0.2, 0) is 4.74 Å².